The van der Waals surface area contributed by atoms with E-state index in [0.717, 1.165) is 50.9 Å². The Labute approximate surface area is 150 Å². The maximum absolute atomic E-state index is 12.6. The number of nitrogens with zero attached hydrogens (tertiary/aromatic N) is 2. The number of carbonyl (C=O) groups excluding carboxylic acids is 1. The van der Waals surface area contributed by atoms with Crippen molar-refractivity contribution in [3.63, 3.8) is 0 Å². The van der Waals surface area contributed by atoms with Crippen molar-refractivity contribution in [3.8, 4) is 0 Å². The molecule has 3 rings (SSSR count). The van der Waals surface area contributed by atoms with Crippen molar-refractivity contribution < 1.29 is 18.0 Å². The third-order valence-corrected chi connectivity index (χ3v) is 4.37. The number of hydrogen-bond donors (Lipinski definition) is 1. The lowest BCUT2D eigenvalue weighted by atomic mass is 10.2. The number of benzene rings is 1. The molecule has 0 spiro atoms. The molecule has 7 heteroatoms. The molecule has 0 saturated carbocycles. The average Bonchev–Trinajstić information content (AvgIpc) is 2.90. The van der Waals surface area contributed by atoms with Gasteiger partial charge in [0.15, 0.2) is 0 Å². The summed E-state index contributed by atoms with van der Waals surface area (Å²) in [6.45, 7) is 1.47. The Bertz CT molecular complexity index is 751. The number of nitrogens with one attached hydrogen (secondary N) is 1. The smallest absolute Gasteiger partial charge is 0.355 e. The lowest BCUT2D eigenvalue weighted by molar-refractivity contribution is -0.137. The van der Waals surface area contributed by atoms with Crippen LogP contribution < -0.4 is 5.32 Å². The zero-order chi connectivity index (χ0) is 18.6. The van der Waals surface area contributed by atoms with Gasteiger partial charge in [0.1, 0.15) is 5.69 Å². The van der Waals surface area contributed by atoms with Crippen molar-refractivity contribution in [2.75, 3.05) is 18.4 Å². The summed E-state index contributed by atoms with van der Waals surface area (Å²) in [7, 11) is 0. The van der Waals surface area contributed by atoms with E-state index in [-0.39, 0.29) is 5.91 Å². The lowest BCUT2D eigenvalue weighted by Gasteiger charge is -2.20. The molecule has 1 aromatic carbocycles. The highest BCUT2D eigenvalue weighted by atomic mass is 19.4. The second-order valence-corrected chi connectivity index (χ2v) is 6.34. The number of halogens is 3. The van der Waals surface area contributed by atoms with Crippen LogP contribution in [-0.4, -0.2) is 28.9 Å². The zero-order valence-corrected chi connectivity index (χ0v) is 14.2. The van der Waals surface area contributed by atoms with Gasteiger partial charge in [-0.25, -0.2) is 0 Å². The van der Waals surface area contributed by atoms with Gasteiger partial charge in [-0.15, -0.1) is 0 Å². The third-order valence-electron chi connectivity index (χ3n) is 4.37. The molecule has 2 heterocycles. The molecule has 1 aromatic heterocycles. The minimum absolute atomic E-state index is 0.108. The Morgan fingerprint density at radius 1 is 0.962 bits per heavy atom. The summed E-state index contributed by atoms with van der Waals surface area (Å²) >= 11 is 0. The Hall–Kier alpha value is -2.57. The summed E-state index contributed by atoms with van der Waals surface area (Å²) in [5.74, 6) is -0.108. The van der Waals surface area contributed by atoms with Gasteiger partial charge in [-0.05, 0) is 49.2 Å². The Kier molecular flexibility index (Phi) is 5.44. The van der Waals surface area contributed by atoms with Crippen LogP contribution in [0.15, 0.2) is 42.6 Å². The Balaban J connectivity index is 1.71. The van der Waals surface area contributed by atoms with E-state index in [4.69, 9.17) is 0 Å². The highest BCUT2D eigenvalue weighted by Gasteiger charge is 2.29. The second kappa shape index (κ2) is 7.76. The molecule has 0 atom stereocenters. The Morgan fingerprint density at radius 3 is 2.23 bits per heavy atom. The minimum Gasteiger partial charge on any atom is -0.355 e. The van der Waals surface area contributed by atoms with E-state index in [1.807, 2.05) is 4.90 Å². The van der Waals surface area contributed by atoms with E-state index in [0.29, 0.717) is 17.1 Å². The van der Waals surface area contributed by atoms with E-state index < -0.39 is 11.7 Å². The molecule has 1 aliphatic rings. The topological polar surface area (TPSA) is 45.2 Å². The molecule has 0 radical (unpaired) electrons. The molecule has 0 aliphatic carbocycles. The van der Waals surface area contributed by atoms with Crippen LogP contribution in [0.1, 0.15) is 41.7 Å². The van der Waals surface area contributed by atoms with Crippen LogP contribution in [0.25, 0.3) is 0 Å². The molecule has 0 unspecified atom stereocenters. The predicted octanol–water partition coefficient (Wildman–Crippen LogP) is 4.86. The van der Waals surface area contributed by atoms with Crippen molar-refractivity contribution in [3.05, 3.63) is 53.9 Å². The molecule has 138 valence electrons. The van der Waals surface area contributed by atoms with Crippen LogP contribution in [0.4, 0.5) is 24.5 Å². The zero-order valence-electron chi connectivity index (χ0n) is 14.2. The van der Waals surface area contributed by atoms with E-state index in [9.17, 15) is 18.0 Å². The molecular formula is C19H20F3N3O. The van der Waals surface area contributed by atoms with Gasteiger partial charge >= 0.3 is 6.18 Å². The summed E-state index contributed by atoms with van der Waals surface area (Å²) in [5, 5.41) is 3.02. The van der Waals surface area contributed by atoms with Crippen molar-refractivity contribution in [2.24, 2.45) is 0 Å². The van der Waals surface area contributed by atoms with Gasteiger partial charge in [-0.1, -0.05) is 12.8 Å². The van der Waals surface area contributed by atoms with Crippen LogP contribution >= 0.6 is 0 Å². The van der Waals surface area contributed by atoms with Crippen LogP contribution in [0.3, 0.4) is 0 Å². The van der Waals surface area contributed by atoms with Gasteiger partial charge in [-0.2, -0.15) is 13.2 Å². The largest absolute Gasteiger partial charge is 0.416 e. The van der Waals surface area contributed by atoms with Gasteiger partial charge in [0.25, 0.3) is 5.91 Å². The first-order chi connectivity index (χ1) is 12.4. The molecule has 26 heavy (non-hydrogen) atoms. The van der Waals surface area contributed by atoms with Gasteiger partial charge in [0.2, 0.25) is 0 Å². The number of carbonyl (C=O) groups is 1. The maximum Gasteiger partial charge on any atom is 0.416 e. The molecule has 1 aliphatic heterocycles. The van der Waals surface area contributed by atoms with Crippen LogP contribution in [-0.2, 0) is 6.18 Å². The SMILES string of the molecule is O=C(c1cc(Nc2ccc(C(F)(F)F)cc2)ccn1)N1CCCCCC1. The first-order valence-corrected chi connectivity index (χ1v) is 8.63. The van der Waals surface area contributed by atoms with Crippen molar-refractivity contribution in [1.29, 1.82) is 0 Å². The molecule has 4 nitrogen and oxygen atoms in total. The van der Waals surface area contributed by atoms with Crippen molar-refractivity contribution in [1.82, 2.24) is 9.88 Å². The molecule has 1 N–H and O–H groups in total. The van der Waals surface area contributed by atoms with Gasteiger partial charge < -0.3 is 10.2 Å². The first kappa shape index (κ1) is 18.2. The molecule has 1 saturated heterocycles. The van der Waals surface area contributed by atoms with Crippen LogP contribution in [0.5, 0.6) is 0 Å². The fraction of sp³-hybridized carbons (Fsp3) is 0.368. The lowest BCUT2D eigenvalue weighted by Crippen LogP contribution is -2.32. The van der Waals surface area contributed by atoms with E-state index in [1.165, 1.54) is 18.3 Å². The van der Waals surface area contributed by atoms with E-state index in [1.54, 1.807) is 12.1 Å². The fourth-order valence-electron chi connectivity index (χ4n) is 2.97. The van der Waals surface area contributed by atoms with E-state index >= 15 is 0 Å². The second-order valence-electron chi connectivity index (χ2n) is 6.34. The highest BCUT2D eigenvalue weighted by Crippen LogP contribution is 2.30. The molecular weight excluding hydrogens is 343 g/mol. The van der Waals surface area contributed by atoms with Gasteiger partial charge in [0.05, 0.1) is 5.56 Å². The Morgan fingerprint density at radius 2 is 1.62 bits per heavy atom. The number of anilines is 2. The quantitative estimate of drug-likeness (QED) is 0.847. The van der Waals surface area contributed by atoms with Crippen LogP contribution in [0, 0.1) is 0 Å². The number of hydrogen-bond acceptors (Lipinski definition) is 3. The van der Waals surface area contributed by atoms with E-state index in [2.05, 4.69) is 10.3 Å². The van der Waals surface area contributed by atoms with Gasteiger partial charge in [0, 0.05) is 30.7 Å². The van der Waals surface area contributed by atoms with Gasteiger partial charge in [-0.3, -0.25) is 9.78 Å². The normalized spacial score (nSPS) is 15.4. The van der Waals surface area contributed by atoms with Crippen LogP contribution in [0.2, 0.25) is 0 Å². The summed E-state index contributed by atoms with van der Waals surface area (Å²) < 4.78 is 37.9. The van der Waals surface area contributed by atoms with Crippen molar-refractivity contribution >= 4 is 17.3 Å². The molecule has 2 aromatic rings. The van der Waals surface area contributed by atoms with Crippen molar-refractivity contribution in [2.45, 2.75) is 31.9 Å². The number of alkyl halides is 3. The average molecular weight is 363 g/mol. The highest BCUT2D eigenvalue weighted by molar-refractivity contribution is 5.93. The first-order valence-electron chi connectivity index (χ1n) is 8.63. The number of amides is 1. The summed E-state index contributed by atoms with van der Waals surface area (Å²) in [4.78, 5) is 18.6. The summed E-state index contributed by atoms with van der Waals surface area (Å²) in [5.41, 5.74) is 0.758. The maximum atomic E-state index is 12.6. The minimum atomic E-state index is -4.36. The standard InChI is InChI=1S/C19H20F3N3O/c20-19(21,22)14-5-7-15(8-6-14)24-16-9-10-23-17(13-16)18(26)25-11-3-1-2-4-12-25/h5-10,13H,1-4,11-12H2,(H,23,24). The number of aromatic nitrogens is 1. The molecule has 0 bridgehead atoms. The number of pyridine rings is 1. The predicted molar refractivity (Wildman–Crippen MR) is 93.3 cm³/mol. The molecule has 1 fully saturated rings. The third kappa shape index (κ3) is 4.53. The number of likely N-dealkylation sites (tertiary alicyclic amines) is 1. The fourth-order valence-corrected chi connectivity index (χ4v) is 2.97. The summed E-state index contributed by atoms with van der Waals surface area (Å²) in [6, 6.07) is 8.07. The molecule has 1 amide bonds. The summed E-state index contributed by atoms with van der Waals surface area (Å²) in [6.07, 6.45) is 1.42. The monoisotopic (exact) mass is 363 g/mol. The number of rotatable bonds is 3.